The van der Waals surface area contributed by atoms with Gasteiger partial charge < -0.3 is 14.8 Å². The summed E-state index contributed by atoms with van der Waals surface area (Å²) in [6.07, 6.45) is 2.25. The molecular formula is C18H17NO3. The summed E-state index contributed by atoms with van der Waals surface area (Å²) in [7, 11) is 0. The first-order valence-electron chi connectivity index (χ1n) is 7.50. The van der Waals surface area contributed by atoms with Crippen molar-refractivity contribution in [3.63, 3.8) is 0 Å². The summed E-state index contributed by atoms with van der Waals surface area (Å²) in [6, 6.07) is 15.7. The molecule has 2 aliphatic rings. The smallest absolute Gasteiger partial charge is 0.251 e. The van der Waals surface area contributed by atoms with Gasteiger partial charge in [-0.15, -0.1) is 0 Å². The Morgan fingerprint density at radius 3 is 2.59 bits per heavy atom. The highest BCUT2D eigenvalue weighted by atomic mass is 16.7. The van der Waals surface area contributed by atoms with E-state index >= 15 is 0 Å². The molecule has 1 N–H and O–H groups in total. The SMILES string of the molecule is O=C(NCC1(c2ccccc2)CC1)c1ccc2c(c1)OCO2. The van der Waals surface area contributed by atoms with Crippen LogP contribution in [0.3, 0.4) is 0 Å². The van der Waals surface area contributed by atoms with Crippen LogP contribution in [-0.2, 0) is 5.41 Å². The first-order chi connectivity index (χ1) is 10.8. The van der Waals surface area contributed by atoms with Crippen LogP contribution in [-0.4, -0.2) is 19.2 Å². The molecule has 0 aromatic heterocycles. The van der Waals surface area contributed by atoms with Gasteiger partial charge in [0.2, 0.25) is 6.79 Å². The number of carbonyl (C=O) groups is 1. The Bertz CT molecular complexity index is 708. The van der Waals surface area contributed by atoms with Gasteiger partial charge in [-0.3, -0.25) is 4.79 Å². The van der Waals surface area contributed by atoms with Crippen molar-refractivity contribution >= 4 is 5.91 Å². The van der Waals surface area contributed by atoms with Gasteiger partial charge in [0.05, 0.1) is 0 Å². The molecule has 4 rings (SSSR count). The zero-order valence-corrected chi connectivity index (χ0v) is 12.2. The minimum atomic E-state index is -0.0690. The third-order valence-corrected chi connectivity index (χ3v) is 4.46. The molecule has 1 amide bonds. The molecule has 22 heavy (non-hydrogen) atoms. The van der Waals surface area contributed by atoms with Crippen molar-refractivity contribution in [3.8, 4) is 11.5 Å². The fraction of sp³-hybridized carbons (Fsp3) is 0.278. The van der Waals surface area contributed by atoms with Crippen molar-refractivity contribution < 1.29 is 14.3 Å². The maximum atomic E-state index is 12.3. The van der Waals surface area contributed by atoms with E-state index in [1.54, 1.807) is 18.2 Å². The van der Waals surface area contributed by atoms with Crippen LogP contribution in [0.2, 0.25) is 0 Å². The van der Waals surface area contributed by atoms with E-state index in [0.29, 0.717) is 23.6 Å². The molecule has 1 heterocycles. The predicted molar refractivity (Wildman–Crippen MR) is 82.3 cm³/mol. The van der Waals surface area contributed by atoms with Gasteiger partial charge in [0, 0.05) is 17.5 Å². The molecule has 2 aromatic carbocycles. The lowest BCUT2D eigenvalue weighted by Gasteiger charge is -2.16. The van der Waals surface area contributed by atoms with Gasteiger partial charge in [0.1, 0.15) is 0 Å². The lowest BCUT2D eigenvalue weighted by Crippen LogP contribution is -2.32. The number of carbonyl (C=O) groups excluding carboxylic acids is 1. The third-order valence-electron chi connectivity index (χ3n) is 4.46. The van der Waals surface area contributed by atoms with Gasteiger partial charge in [-0.1, -0.05) is 30.3 Å². The number of hydrogen-bond acceptors (Lipinski definition) is 3. The Balaban J connectivity index is 1.45. The summed E-state index contributed by atoms with van der Waals surface area (Å²) in [5.74, 6) is 1.26. The summed E-state index contributed by atoms with van der Waals surface area (Å²) >= 11 is 0. The van der Waals surface area contributed by atoms with Crippen molar-refractivity contribution in [2.24, 2.45) is 0 Å². The molecule has 4 heteroatoms. The van der Waals surface area contributed by atoms with Gasteiger partial charge in [0.25, 0.3) is 5.91 Å². The molecule has 0 saturated heterocycles. The molecule has 1 fully saturated rings. The highest BCUT2D eigenvalue weighted by molar-refractivity contribution is 5.95. The number of hydrogen-bond donors (Lipinski definition) is 1. The molecule has 0 unspecified atom stereocenters. The van der Waals surface area contributed by atoms with Crippen LogP contribution < -0.4 is 14.8 Å². The van der Waals surface area contributed by atoms with Gasteiger partial charge in [0.15, 0.2) is 11.5 Å². The molecular weight excluding hydrogens is 278 g/mol. The minimum Gasteiger partial charge on any atom is -0.454 e. The van der Waals surface area contributed by atoms with Crippen LogP contribution in [0, 0.1) is 0 Å². The van der Waals surface area contributed by atoms with Crippen molar-refractivity contribution in [1.29, 1.82) is 0 Å². The van der Waals surface area contributed by atoms with Crippen molar-refractivity contribution in [3.05, 3.63) is 59.7 Å². The van der Waals surface area contributed by atoms with E-state index < -0.39 is 0 Å². The Morgan fingerprint density at radius 1 is 1.05 bits per heavy atom. The predicted octanol–water partition coefficient (Wildman–Crippen LogP) is 2.88. The Kier molecular flexibility index (Phi) is 3.03. The maximum absolute atomic E-state index is 12.3. The topological polar surface area (TPSA) is 47.6 Å². The fourth-order valence-corrected chi connectivity index (χ4v) is 2.90. The first kappa shape index (κ1) is 13.2. The second-order valence-electron chi connectivity index (χ2n) is 5.90. The highest BCUT2D eigenvalue weighted by Crippen LogP contribution is 2.47. The van der Waals surface area contributed by atoms with E-state index in [0.717, 1.165) is 12.8 Å². The van der Waals surface area contributed by atoms with E-state index in [2.05, 4.69) is 29.6 Å². The van der Waals surface area contributed by atoms with Gasteiger partial charge in [-0.05, 0) is 36.6 Å². The molecule has 1 aliphatic carbocycles. The maximum Gasteiger partial charge on any atom is 0.251 e. The van der Waals surface area contributed by atoms with E-state index in [9.17, 15) is 4.79 Å². The number of fused-ring (bicyclic) bond motifs is 1. The lowest BCUT2D eigenvalue weighted by molar-refractivity contribution is 0.0949. The number of benzene rings is 2. The normalized spacial score (nSPS) is 17.1. The van der Waals surface area contributed by atoms with Crippen LogP contribution in [0.15, 0.2) is 48.5 Å². The zero-order valence-electron chi connectivity index (χ0n) is 12.2. The second kappa shape index (κ2) is 5.05. The van der Waals surface area contributed by atoms with E-state index in [1.807, 2.05) is 6.07 Å². The monoisotopic (exact) mass is 295 g/mol. The molecule has 0 radical (unpaired) electrons. The summed E-state index contributed by atoms with van der Waals surface area (Å²) in [5, 5.41) is 3.06. The van der Waals surface area contributed by atoms with E-state index in [1.165, 1.54) is 5.56 Å². The number of rotatable bonds is 4. The summed E-state index contributed by atoms with van der Waals surface area (Å²) in [5.41, 5.74) is 2.03. The van der Waals surface area contributed by atoms with Crippen molar-refractivity contribution in [2.45, 2.75) is 18.3 Å². The molecule has 2 aromatic rings. The van der Waals surface area contributed by atoms with Crippen LogP contribution in [0.4, 0.5) is 0 Å². The average molecular weight is 295 g/mol. The van der Waals surface area contributed by atoms with Crippen LogP contribution in [0.25, 0.3) is 0 Å². The average Bonchev–Trinajstić information content (AvgIpc) is 3.22. The fourth-order valence-electron chi connectivity index (χ4n) is 2.90. The largest absolute Gasteiger partial charge is 0.454 e. The molecule has 0 spiro atoms. The number of amides is 1. The zero-order chi connectivity index (χ0) is 15.0. The Hall–Kier alpha value is -2.49. The van der Waals surface area contributed by atoms with E-state index in [4.69, 9.17) is 9.47 Å². The van der Waals surface area contributed by atoms with Crippen molar-refractivity contribution in [1.82, 2.24) is 5.32 Å². The molecule has 1 aliphatic heterocycles. The quantitative estimate of drug-likeness (QED) is 0.943. The number of ether oxygens (including phenoxy) is 2. The Labute approximate surface area is 129 Å². The minimum absolute atomic E-state index is 0.0690. The summed E-state index contributed by atoms with van der Waals surface area (Å²) in [6.45, 7) is 0.891. The summed E-state index contributed by atoms with van der Waals surface area (Å²) < 4.78 is 10.6. The summed E-state index contributed by atoms with van der Waals surface area (Å²) in [4.78, 5) is 12.3. The molecule has 112 valence electrons. The van der Waals surface area contributed by atoms with Crippen LogP contribution in [0.5, 0.6) is 11.5 Å². The highest BCUT2D eigenvalue weighted by Gasteiger charge is 2.44. The lowest BCUT2D eigenvalue weighted by atomic mass is 9.96. The van der Waals surface area contributed by atoms with Gasteiger partial charge >= 0.3 is 0 Å². The molecule has 0 bridgehead atoms. The van der Waals surface area contributed by atoms with E-state index in [-0.39, 0.29) is 18.1 Å². The van der Waals surface area contributed by atoms with Crippen molar-refractivity contribution in [2.75, 3.05) is 13.3 Å². The standard InChI is InChI=1S/C18H17NO3/c20-17(13-6-7-15-16(10-13)22-12-21-15)19-11-18(8-9-18)14-4-2-1-3-5-14/h1-7,10H,8-9,11-12H2,(H,19,20). The number of nitrogens with one attached hydrogen (secondary N) is 1. The Morgan fingerprint density at radius 2 is 1.82 bits per heavy atom. The van der Waals surface area contributed by atoms with Crippen LogP contribution in [0.1, 0.15) is 28.8 Å². The molecule has 4 nitrogen and oxygen atoms in total. The molecule has 1 saturated carbocycles. The van der Waals surface area contributed by atoms with Gasteiger partial charge in [-0.25, -0.2) is 0 Å². The van der Waals surface area contributed by atoms with Crippen LogP contribution >= 0.6 is 0 Å². The first-order valence-corrected chi connectivity index (χ1v) is 7.50. The van der Waals surface area contributed by atoms with Gasteiger partial charge in [-0.2, -0.15) is 0 Å². The molecule has 0 atom stereocenters. The second-order valence-corrected chi connectivity index (χ2v) is 5.90. The third kappa shape index (κ3) is 2.30.